The van der Waals surface area contributed by atoms with Gasteiger partial charge in [-0.3, -0.25) is 4.90 Å². The van der Waals surface area contributed by atoms with E-state index < -0.39 is 0 Å². The summed E-state index contributed by atoms with van der Waals surface area (Å²) in [7, 11) is 0. The van der Waals surface area contributed by atoms with Crippen molar-refractivity contribution in [2.24, 2.45) is 5.92 Å². The van der Waals surface area contributed by atoms with E-state index in [9.17, 15) is 0 Å². The number of rotatable bonds is 2. The van der Waals surface area contributed by atoms with Crippen molar-refractivity contribution in [1.29, 1.82) is 0 Å². The van der Waals surface area contributed by atoms with Crippen molar-refractivity contribution in [2.45, 2.75) is 89.3 Å². The van der Waals surface area contributed by atoms with Crippen LogP contribution in [0.4, 0.5) is 0 Å². The predicted molar refractivity (Wildman–Crippen MR) is 81.4 cm³/mol. The molecule has 0 aromatic carbocycles. The number of hydrogen-bond acceptors (Lipinski definition) is 2. The highest BCUT2D eigenvalue weighted by Crippen LogP contribution is 2.34. The van der Waals surface area contributed by atoms with E-state index in [0.29, 0.717) is 6.04 Å². The maximum Gasteiger partial charge on any atom is 0.0252 e. The van der Waals surface area contributed by atoms with Crippen LogP contribution >= 0.6 is 0 Å². The molecule has 0 radical (unpaired) electrons. The smallest absolute Gasteiger partial charge is 0.0252 e. The molecule has 0 aromatic rings. The molecule has 2 unspecified atom stereocenters. The minimum atomic E-state index is 0.696. The number of nitrogens with zero attached hydrogens (tertiary/aromatic N) is 1. The molecular formula is C17H32N2. The van der Waals surface area contributed by atoms with Gasteiger partial charge in [0.05, 0.1) is 0 Å². The van der Waals surface area contributed by atoms with Gasteiger partial charge in [0.1, 0.15) is 0 Å². The van der Waals surface area contributed by atoms with Crippen LogP contribution in [0, 0.1) is 5.92 Å². The Kier molecular flexibility index (Phi) is 4.81. The molecule has 1 N–H and O–H groups in total. The first-order chi connectivity index (χ1) is 9.34. The standard InChI is InChI=1S/C17H32N2/c1-14-13-19(16-10-6-3-7-11-16)17(12-18-14)15-8-4-2-5-9-15/h14-18H,2-13H2,1H3. The lowest BCUT2D eigenvalue weighted by molar-refractivity contribution is 0.0244. The lowest BCUT2D eigenvalue weighted by atomic mass is 9.80. The van der Waals surface area contributed by atoms with Crippen molar-refractivity contribution in [2.75, 3.05) is 13.1 Å². The Labute approximate surface area is 119 Å². The van der Waals surface area contributed by atoms with Crippen molar-refractivity contribution in [3.8, 4) is 0 Å². The van der Waals surface area contributed by atoms with Crippen molar-refractivity contribution < 1.29 is 0 Å². The fourth-order valence-electron chi connectivity index (χ4n) is 4.74. The second kappa shape index (κ2) is 6.58. The fourth-order valence-corrected chi connectivity index (χ4v) is 4.74. The largest absolute Gasteiger partial charge is 0.311 e. The third-order valence-electron chi connectivity index (χ3n) is 5.82. The van der Waals surface area contributed by atoms with Crippen molar-refractivity contribution in [3.05, 3.63) is 0 Å². The van der Waals surface area contributed by atoms with Gasteiger partial charge in [0.2, 0.25) is 0 Å². The quantitative estimate of drug-likeness (QED) is 0.820. The Morgan fingerprint density at radius 1 is 0.842 bits per heavy atom. The Balaban J connectivity index is 1.67. The molecule has 1 saturated heterocycles. The van der Waals surface area contributed by atoms with E-state index in [-0.39, 0.29) is 0 Å². The first-order valence-corrected chi connectivity index (χ1v) is 8.84. The number of piperazine rings is 1. The monoisotopic (exact) mass is 264 g/mol. The van der Waals surface area contributed by atoms with Crippen LogP contribution < -0.4 is 5.32 Å². The van der Waals surface area contributed by atoms with E-state index >= 15 is 0 Å². The average Bonchev–Trinajstić information content (AvgIpc) is 2.49. The molecule has 2 saturated carbocycles. The molecule has 3 aliphatic rings. The van der Waals surface area contributed by atoms with Crippen molar-refractivity contribution in [1.82, 2.24) is 10.2 Å². The van der Waals surface area contributed by atoms with Gasteiger partial charge in [0.15, 0.2) is 0 Å². The molecule has 2 heteroatoms. The summed E-state index contributed by atoms with van der Waals surface area (Å²) in [6.45, 7) is 4.92. The molecule has 0 aromatic heterocycles. The molecule has 0 spiro atoms. The predicted octanol–water partition coefficient (Wildman–Crippen LogP) is 3.56. The van der Waals surface area contributed by atoms with Gasteiger partial charge in [0, 0.05) is 31.2 Å². The third kappa shape index (κ3) is 3.33. The molecule has 2 aliphatic carbocycles. The minimum absolute atomic E-state index is 0.696. The SMILES string of the molecule is CC1CN(C2CCCCC2)C(C2CCCCC2)CN1. The van der Waals surface area contributed by atoms with Gasteiger partial charge in [-0.25, -0.2) is 0 Å². The Morgan fingerprint density at radius 2 is 1.47 bits per heavy atom. The van der Waals surface area contributed by atoms with Crippen LogP contribution in [0.3, 0.4) is 0 Å². The van der Waals surface area contributed by atoms with E-state index in [0.717, 1.165) is 18.0 Å². The summed E-state index contributed by atoms with van der Waals surface area (Å²) in [6, 6.07) is 2.45. The second-order valence-electron chi connectivity index (χ2n) is 7.26. The zero-order valence-electron chi connectivity index (χ0n) is 12.7. The Hall–Kier alpha value is -0.0800. The highest BCUT2D eigenvalue weighted by molar-refractivity contribution is 4.93. The summed E-state index contributed by atoms with van der Waals surface area (Å²) in [6.07, 6.45) is 14.8. The summed E-state index contributed by atoms with van der Waals surface area (Å²) < 4.78 is 0. The summed E-state index contributed by atoms with van der Waals surface area (Å²) in [4.78, 5) is 2.94. The van der Waals surface area contributed by atoms with E-state index in [1.165, 1.54) is 77.3 Å². The third-order valence-corrected chi connectivity index (χ3v) is 5.82. The first kappa shape index (κ1) is 13.9. The summed E-state index contributed by atoms with van der Waals surface area (Å²) in [5.41, 5.74) is 0. The Morgan fingerprint density at radius 3 is 2.16 bits per heavy atom. The topological polar surface area (TPSA) is 15.3 Å². The molecule has 110 valence electrons. The number of hydrogen-bond donors (Lipinski definition) is 1. The van der Waals surface area contributed by atoms with E-state index in [1.807, 2.05) is 0 Å². The molecule has 0 amide bonds. The molecule has 1 heterocycles. The van der Waals surface area contributed by atoms with Crippen LogP contribution in [-0.4, -0.2) is 36.1 Å². The normalized spacial score (nSPS) is 36.5. The highest BCUT2D eigenvalue weighted by Gasteiger charge is 2.36. The molecule has 2 atom stereocenters. The minimum Gasteiger partial charge on any atom is -0.311 e. The fraction of sp³-hybridized carbons (Fsp3) is 1.00. The summed E-state index contributed by atoms with van der Waals surface area (Å²) in [5, 5.41) is 3.76. The second-order valence-corrected chi connectivity index (χ2v) is 7.26. The van der Waals surface area contributed by atoms with Crippen molar-refractivity contribution in [3.63, 3.8) is 0 Å². The van der Waals surface area contributed by atoms with Crippen LogP contribution in [0.2, 0.25) is 0 Å². The summed E-state index contributed by atoms with van der Waals surface area (Å²) in [5.74, 6) is 0.982. The lowest BCUT2D eigenvalue weighted by Gasteiger charge is -2.49. The highest BCUT2D eigenvalue weighted by atomic mass is 15.3. The van der Waals surface area contributed by atoms with Crippen molar-refractivity contribution >= 4 is 0 Å². The maximum atomic E-state index is 3.76. The van der Waals surface area contributed by atoms with E-state index in [4.69, 9.17) is 0 Å². The van der Waals surface area contributed by atoms with E-state index in [2.05, 4.69) is 17.1 Å². The molecule has 2 nitrogen and oxygen atoms in total. The van der Waals surface area contributed by atoms with Crippen LogP contribution in [0.5, 0.6) is 0 Å². The van der Waals surface area contributed by atoms with Gasteiger partial charge in [0.25, 0.3) is 0 Å². The summed E-state index contributed by atoms with van der Waals surface area (Å²) >= 11 is 0. The molecular weight excluding hydrogens is 232 g/mol. The number of nitrogens with one attached hydrogen (secondary N) is 1. The van der Waals surface area contributed by atoms with Gasteiger partial charge in [-0.1, -0.05) is 38.5 Å². The lowest BCUT2D eigenvalue weighted by Crippen LogP contribution is -2.61. The van der Waals surface area contributed by atoms with Crippen LogP contribution in [0.25, 0.3) is 0 Å². The van der Waals surface area contributed by atoms with Gasteiger partial charge in [-0.05, 0) is 38.5 Å². The van der Waals surface area contributed by atoms with Gasteiger partial charge in [-0.2, -0.15) is 0 Å². The zero-order chi connectivity index (χ0) is 13.1. The first-order valence-electron chi connectivity index (χ1n) is 8.84. The average molecular weight is 264 g/mol. The van der Waals surface area contributed by atoms with Gasteiger partial charge >= 0.3 is 0 Å². The molecule has 19 heavy (non-hydrogen) atoms. The van der Waals surface area contributed by atoms with Crippen LogP contribution in [-0.2, 0) is 0 Å². The molecule has 0 bridgehead atoms. The van der Waals surface area contributed by atoms with E-state index in [1.54, 1.807) is 0 Å². The molecule has 1 aliphatic heterocycles. The van der Waals surface area contributed by atoms with Crippen LogP contribution in [0.15, 0.2) is 0 Å². The van der Waals surface area contributed by atoms with Gasteiger partial charge in [-0.15, -0.1) is 0 Å². The van der Waals surface area contributed by atoms with Gasteiger partial charge < -0.3 is 5.32 Å². The zero-order valence-corrected chi connectivity index (χ0v) is 12.7. The molecule has 3 rings (SSSR count). The maximum absolute atomic E-state index is 3.76. The molecule has 3 fully saturated rings. The Bertz CT molecular complexity index is 266. The van der Waals surface area contributed by atoms with Crippen LogP contribution in [0.1, 0.15) is 71.1 Å².